The Balaban J connectivity index is 1.90. The summed E-state index contributed by atoms with van der Waals surface area (Å²) >= 11 is 2.02. The molecule has 0 unspecified atom stereocenters. The molecule has 106 valence electrons. The van der Waals surface area contributed by atoms with Crippen LogP contribution in [0.2, 0.25) is 0 Å². The molecule has 3 rings (SSSR count). The smallest absolute Gasteiger partial charge is 0.0148 e. The molecule has 2 fully saturated rings. The highest BCUT2D eigenvalue weighted by Crippen LogP contribution is 2.57. The van der Waals surface area contributed by atoms with E-state index in [9.17, 15) is 0 Å². The van der Waals surface area contributed by atoms with Crippen molar-refractivity contribution in [2.75, 3.05) is 0 Å². The third-order valence-electron chi connectivity index (χ3n) is 4.91. The molecule has 2 aliphatic carbocycles. The molecule has 0 radical (unpaired) electrons. The lowest BCUT2D eigenvalue weighted by Crippen LogP contribution is -2.20. The third-order valence-corrected chi connectivity index (χ3v) is 9.83. The average molecular weight is 294 g/mol. The summed E-state index contributed by atoms with van der Waals surface area (Å²) in [6.07, 6.45) is 12.1. The second kappa shape index (κ2) is 6.27. The second-order valence-corrected chi connectivity index (χ2v) is 10.3. The minimum absolute atomic E-state index is 0.136. The van der Waals surface area contributed by atoms with Crippen molar-refractivity contribution in [1.82, 2.24) is 0 Å². The molecular weight excluding hydrogens is 267 g/mol. The fraction of sp³-hybridized carbons (Fsp3) is 0.765. The van der Waals surface area contributed by atoms with Crippen LogP contribution in [0.3, 0.4) is 0 Å². The van der Waals surface area contributed by atoms with E-state index in [2.05, 4.69) is 25.3 Å². The maximum absolute atomic E-state index is 2.50. The van der Waals surface area contributed by atoms with Gasteiger partial charge in [0.15, 0.2) is 0 Å². The lowest BCUT2D eigenvalue weighted by Gasteiger charge is -2.31. The van der Waals surface area contributed by atoms with Crippen LogP contribution >= 0.6 is 19.3 Å². The number of thiophene rings is 1. The van der Waals surface area contributed by atoms with Gasteiger partial charge in [0.2, 0.25) is 0 Å². The Hall–Kier alpha value is 0.130. The van der Waals surface area contributed by atoms with E-state index < -0.39 is 0 Å². The molecule has 1 aromatic rings. The largest absolute Gasteiger partial charge is 0.148 e. The van der Waals surface area contributed by atoms with Crippen LogP contribution in [0.15, 0.2) is 11.4 Å². The maximum Gasteiger partial charge on any atom is 0.0148 e. The molecule has 0 aromatic carbocycles. The summed E-state index contributed by atoms with van der Waals surface area (Å²) in [7, 11) is 0.136. The molecule has 2 saturated carbocycles. The van der Waals surface area contributed by atoms with E-state index in [1.807, 2.05) is 16.6 Å². The molecule has 2 aliphatic rings. The first-order chi connectivity index (χ1) is 9.27. The molecule has 0 N–H and O–H groups in total. The van der Waals surface area contributed by atoms with Gasteiger partial charge in [0.05, 0.1) is 0 Å². The third kappa shape index (κ3) is 2.93. The van der Waals surface area contributed by atoms with E-state index in [-0.39, 0.29) is 7.92 Å². The van der Waals surface area contributed by atoms with Crippen LogP contribution in [0.25, 0.3) is 0 Å². The predicted molar refractivity (Wildman–Crippen MR) is 89.5 cm³/mol. The first-order valence-electron chi connectivity index (χ1n) is 8.13. The van der Waals surface area contributed by atoms with Gasteiger partial charge >= 0.3 is 0 Å². The molecule has 0 atom stereocenters. The summed E-state index contributed by atoms with van der Waals surface area (Å²) in [6, 6.07) is 2.50. The first kappa shape index (κ1) is 14.1. The van der Waals surface area contributed by atoms with Crippen LogP contribution in [0.4, 0.5) is 0 Å². The minimum Gasteiger partial charge on any atom is -0.148 e. The van der Waals surface area contributed by atoms with Crippen molar-refractivity contribution < 1.29 is 0 Å². The topological polar surface area (TPSA) is 0 Å². The van der Waals surface area contributed by atoms with Crippen molar-refractivity contribution >= 4 is 24.6 Å². The normalized spacial score (nSPS) is 22.1. The Kier molecular flexibility index (Phi) is 4.65. The van der Waals surface area contributed by atoms with Gasteiger partial charge in [0, 0.05) is 4.88 Å². The lowest BCUT2D eigenvalue weighted by atomic mass is 10.2. The summed E-state index contributed by atoms with van der Waals surface area (Å²) in [5.41, 5.74) is 2.12. The van der Waals surface area contributed by atoms with Gasteiger partial charge in [-0.15, -0.1) is 11.3 Å². The van der Waals surface area contributed by atoms with Crippen molar-refractivity contribution in [3.05, 3.63) is 16.3 Å². The molecule has 2 heteroatoms. The van der Waals surface area contributed by atoms with Crippen LogP contribution in [0.5, 0.6) is 0 Å². The van der Waals surface area contributed by atoms with E-state index in [1.165, 1.54) is 51.4 Å². The molecule has 19 heavy (non-hydrogen) atoms. The van der Waals surface area contributed by atoms with Crippen LogP contribution in [-0.4, -0.2) is 11.3 Å². The zero-order chi connectivity index (χ0) is 13.2. The fourth-order valence-corrected chi connectivity index (χ4v) is 9.39. The van der Waals surface area contributed by atoms with Gasteiger partial charge in [0.25, 0.3) is 0 Å². The van der Waals surface area contributed by atoms with Gasteiger partial charge in [-0.1, -0.05) is 47.5 Å². The monoisotopic (exact) mass is 294 g/mol. The zero-order valence-corrected chi connectivity index (χ0v) is 14.1. The molecule has 0 bridgehead atoms. The Morgan fingerprint density at radius 1 is 1.00 bits per heavy atom. The highest BCUT2D eigenvalue weighted by atomic mass is 32.1. The molecule has 0 spiro atoms. The van der Waals surface area contributed by atoms with Crippen molar-refractivity contribution in [3.63, 3.8) is 0 Å². The van der Waals surface area contributed by atoms with E-state index in [1.54, 1.807) is 4.88 Å². The van der Waals surface area contributed by atoms with Crippen molar-refractivity contribution in [2.24, 2.45) is 0 Å². The van der Waals surface area contributed by atoms with Crippen LogP contribution in [0, 0.1) is 0 Å². The fourth-order valence-electron chi connectivity index (χ4n) is 4.02. The average Bonchev–Trinajstić information content (AvgIpc) is 3.12. The molecule has 0 nitrogen and oxygen atoms in total. The standard InChI is InChI=1S/C17H27PS/c1-13(2)17-16(11-12-19-17)18(14-7-3-4-8-14)15-9-5-6-10-15/h11-15H,3-10H2,1-2H3. The van der Waals surface area contributed by atoms with E-state index in [4.69, 9.17) is 0 Å². The highest BCUT2D eigenvalue weighted by molar-refractivity contribution is 7.67. The van der Waals surface area contributed by atoms with Crippen molar-refractivity contribution in [3.8, 4) is 0 Å². The molecule has 1 heterocycles. The number of hydrogen-bond donors (Lipinski definition) is 0. The van der Waals surface area contributed by atoms with Crippen LogP contribution in [-0.2, 0) is 0 Å². The molecule has 1 aromatic heterocycles. The Labute approximate surface area is 123 Å². The predicted octanol–water partition coefficient (Wildman–Crippen LogP) is 5.86. The van der Waals surface area contributed by atoms with Gasteiger partial charge in [-0.05, 0) is 59.7 Å². The van der Waals surface area contributed by atoms with Gasteiger partial charge in [-0.25, -0.2) is 0 Å². The SMILES string of the molecule is CC(C)c1sccc1P(C1CCCC1)C1CCCC1. The molecule has 0 amide bonds. The molecular formula is C17H27PS. The van der Waals surface area contributed by atoms with E-state index in [0.717, 1.165) is 17.2 Å². The summed E-state index contributed by atoms with van der Waals surface area (Å²) in [5.74, 6) is 0.725. The lowest BCUT2D eigenvalue weighted by molar-refractivity contribution is 0.833. The van der Waals surface area contributed by atoms with Crippen molar-refractivity contribution in [2.45, 2.75) is 82.4 Å². The quantitative estimate of drug-likeness (QED) is 0.610. The number of hydrogen-bond acceptors (Lipinski definition) is 1. The Bertz CT molecular complexity index is 381. The number of rotatable bonds is 4. The van der Waals surface area contributed by atoms with Crippen LogP contribution in [0.1, 0.15) is 76.0 Å². The Morgan fingerprint density at radius 3 is 2.00 bits per heavy atom. The molecule has 0 aliphatic heterocycles. The zero-order valence-electron chi connectivity index (χ0n) is 12.4. The Morgan fingerprint density at radius 2 is 1.53 bits per heavy atom. The second-order valence-electron chi connectivity index (χ2n) is 6.61. The van der Waals surface area contributed by atoms with Gasteiger partial charge in [-0.2, -0.15) is 0 Å². The first-order valence-corrected chi connectivity index (χ1v) is 10.5. The van der Waals surface area contributed by atoms with E-state index >= 15 is 0 Å². The van der Waals surface area contributed by atoms with Crippen molar-refractivity contribution in [1.29, 1.82) is 0 Å². The summed E-state index contributed by atoms with van der Waals surface area (Å²) in [4.78, 5) is 1.71. The minimum atomic E-state index is 0.136. The van der Waals surface area contributed by atoms with Gasteiger partial charge in [0.1, 0.15) is 0 Å². The maximum atomic E-state index is 2.50. The molecule has 0 saturated heterocycles. The van der Waals surface area contributed by atoms with E-state index in [0.29, 0.717) is 0 Å². The summed E-state index contributed by atoms with van der Waals surface area (Å²) in [5, 5.41) is 4.18. The summed E-state index contributed by atoms with van der Waals surface area (Å²) < 4.78 is 0. The van der Waals surface area contributed by atoms with Crippen LogP contribution < -0.4 is 5.30 Å². The van der Waals surface area contributed by atoms with Gasteiger partial charge < -0.3 is 0 Å². The summed E-state index contributed by atoms with van der Waals surface area (Å²) in [6.45, 7) is 4.76. The van der Waals surface area contributed by atoms with Gasteiger partial charge in [-0.3, -0.25) is 0 Å². The highest BCUT2D eigenvalue weighted by Gasteiger charge is 2.35.